The number of nitrogen functional groups attached to an aromatic ring is 1. The molecule has 2 atom stereocenters. The van der Waals surface area contributed by atoms with Gasteiger partial charge < -0.3 is 11.1 Å². The van der Waals surface area contributed by atoms with Crippen molar-refractivity contribution in [1.29, 1.82) is 0 Å². The van der Waals surface area contributed by atoms with Gasteiger partial charge in [0.05, 0.1) is 0 Å². The molecule has 0 bridgehead atoms. The van der Waals surface area contributed by atoms with Crippen molar-refractivity contribution in [3.8, 4) is 0 Å². The fraction of sp³-hybridized carbons (Fsp3) is 0.562. The van der Waals surface area contributed by atoms with Crippen molar-refractivity contribution in [3.63, 3.8) is 0 Å². The van der Waals surface area contributed by atoms with Gasteiger partial charge in [-0.25, -0.2) is 0 Å². The maximum Gasteiger partial charge on any atom is 0.225 e. The summed E-state index contributed by atoms with van der Waals surface area (Å²) in [5.41, 5.74) is 8.29. The molecule has 5 heteroatoms. The number of nitrogens with two attached hydrogens (primary N) is 1. The Balaban J connectivity index is 1.84. The number of nitrogens with zero attached hydrogens (tertiary/aromatic N) is 1. The third-order valence-electron chi connectivity index (χ3n) is 4.17. The number of thioether (sulfide) groups is 1. The van der Waals surface area contributed by atoms with Gasteiger partial charge in [-0.1, -0.05) is 6.92 Å². The first-order valence-corrected chi connectivity index (χ1v) is 8.54. The molecule has 1 aromatic rings. The summed E-state index contributed by atoms with van der Waals surface area (Å²) < 4.78 is 0. The van der Waals surface area contributed by atoms with E-state index in [0.29, 0.717) is 17.7 Å². The third-order valence-corrected chi connectivity index (χ3v) is 5.50. The molecule has 3 N–H and O–H groups in total. The maximum atomic E-state index is 12.1. The van der Waals surface area contributed by atoms with Crippen LogP contribution in [0.5, 0.6) is 0 Å². The quantitative estimate of drug-likeness (QED) is 0.840. The second-order valence-corrected chi connectivity index (χ2v) is 7.21. The van der Waals surface area contributed by atoms with Crippen LogP contribution in [0.2, 0.25) is 0 Å². The predicted octanol–water partition coefficient (Wildman–Crippen LogP) is 2.73. The number of aryl methyl sites for hydroxylation is 1. The predicted molar refractivity (Wildman–Crippen MR) is 91.8 cm³/mol. The van der Waals surface area contributed by atoms with Crippen molar-refractivity contribution in [2.75, 3.05) is 29.9 Å². The number of benzene rings is 1. The van der Waals surface area contributed by atoms with Crippen molar-refractivity contribution < 1.29 is 4.79 Å². The lowest BCUT2D eigenvalue weighted by Gasteiger charge is -2.37. The lowest BCUT2D eigenvalue weighted by Crippen LogP contribution is -2.45. The number of rotatable bonds is 4. The number of carbonyl (C=O) groups is 1. The van der Waals surface area contributed by atoms with Gasteiger partial charge in [-0.05, 0) is 37.6 Å². The van der Waals surface area contributed by atoms with Gasteiger partial charge in [-0.15, -0.1) is 0 Å². The first-order chi connectivity index (χ1) is 9.97. The summed E-state index contributed by atoms with van der Waals surface area (Å²) in [7, 11) is 0. The SMILES string of the molecule is Cc1cc(N)ccc1NC(=O)CCN1CCSC(C)C1C. The van der Waals surface area contributed by atoms with Crippen molar-refractivity contribution >= 4 is 29.0 Å². The van der Waals surface area contributed by atoms with Gasteiger partial charge in [0.1, 0.15) is 0 Å². The molecule has 0 aromatic heterocycles. The van der Waals surface area contributed by atoms with Crippen molar-refractivity contribution in [2.24, 2.45) is 0 Å². The summed E-state index contributed by atoms with van der Waals surface area (Å²) in [6.07, 6.45) is 0.533. The van der Waals surface area contributed by atoms with Crippen LogP contribution in [0.15, 0.2) is 18.2 Å². The van der Waals surface area contributed by atoms with Crippen LogP contribution in [0.1, 0.15) is 25.8 Å². The molecule has 0 aliphatic carbocycles. The summed E-state index contributed by atoms with van der Waals surface area (Å²) in [6, 6.07) is 6.09. The Kier molecular flexibility index (Phi) is 5.53. The molecule has 0 spiro atoms. The zero-order chi connectivity index (χ0) is 15.4. The highest BCUT2D eigenvalue weighted by Crippen LogP contribution is 2.24. The topological polar surface area (TPSA) is 58.4 Å². The number of amides is 1. The second kappa shape index (κ2) is 7.18. The fourth-order valence-electron chi connectivity index (χ4n) is 2.60. The van der Waals surface area contributed by atoms with E-state index in [1.165, 1.54) is 0 Å². The van der Waals surface area contributed by atoms with Crippen LogP contribution in [0.25, 0.3) is 0 Å². The van der Waals surface area contributed by atoms with Crippen LogP contribution in [-0.2, 0) is 4.79 Å². The van der Waals surface area contributed by atoms with Crippen LogP contribution in [0.4, 0.5) is 11.4 Å². The van der Waals surface area contributed by atoms with Crippen LogP contribution >= 0.6 is 11.8 Å². The Labute approximate surface area is 131 Å². The molecule has 1 amide bonds. The monoisotopic (exact) mass is 307 g/mol. The average molecular weight is 307 g/mol. The summed E-state index contributed by atoms with van der Waals surface area (Å²) in [4.78, 5) is 14.5. The molecular weight excluding hydrogens is 282 g/mol. The number of carbonyl (C=O) groups excluding carboxylic acids is 1. The van der Waals surface area contributed by atoms with Gasteiger partial charge in [0, 0.05) is 47.9 Å². The van der Waals surface area contributed by atoms with E-state index in [1.807, 2.05) is 36.9 Å². The highest BCUT2D eigenvalue weighted by Gasteiger charge is 2.25. The summed E-state index contributed by atoms with van der Waals surface area (Å²) >= 11 is 2.02. The van der Waals surface area contributed by atoms with Crippen LogP contribution in [0.3, 0.4) is 0 Å². The molecule has 1 aliphatic rings. The first-order valence-electron chi connectivity index (χ1n) is 7.49. The molecule has 1 aromatic carbocycles. The Hall–Kier alpha value is -1.20. The third kappa shape index (κ3) is 4.38. The van der Waals surface area contributed by atoms with Crippen LogP contribution in [0, 0.1) is 6.92 Å². The molecule has 1 saturated heterocycles. The second-order valence-electron chi connectivity index (χ2n) is 5.73. The molecule has 1 fully saturated rings. The van der Waals surface area contributed by atoms with Gasteiger partial charge >= 0.3 is 0 Å². The number of hydrogen-bond donors (Lipinski definition) is 2. The minimum absolute atomic E-state index is 0.0703. The Morgan fingerprint density at radius 2 is 2.24 bits per heavy atom. The zero-order valence-corrected chi connectivity index (χ0v) is 13.9. The van der Waals surface area contributed by atoms with E-state index < -0.39 is 0 Å². The normalized spacial score (nSPS) is 23.0. The molecule has 1 aliphatic heterocycles. The van der Waals surface area contributed by atoms with E-state index in [-0.39, 0.29) is 5.91 Å². The van der Waals surface area contributed by atoms with Crippen LogP contribution in [-0.4, -0.2) is 40.9 Å². The fourth-order valence-corrected chi connectivity index (χ4v) is 3.76. The van der Waals surface area contributed by atoms with Crippen molar-refractivity contribution in [2.45, 2.75) is 38.5 Å². The van der Waals surface area contributed by atoms with E-state index in [0.717, 1.165) is 35.8 Å². The van der Waals surface area contributed by atoms with Gasteiger partial charge in [0.25, 0.3) is 0 Å². The van der Waals surface area contributed by atoms with E-state index in [2.05, 4.69) is 24.1 Å². The maximum absolute atomic E-state index is 12.1. The first kappa shape index (κ1) is 16.2. The highest BCUT2D eigenvalue weighted by molar-refractivity contribution is 8.00. The minimum Gasteiger partial charge on any atom is -0.399 e. The van der Waals surface area contributed by atoms with Gasteiger partial charge in [-0.3, -0.25) is 9.69 Å². The van der Waals surface area contributed by atoms with Gasteiger partial charge in [0.2, 0.25) is 5.91 Å². The Morgan fingerprint density at radius 1 is 1.48 bits per heavy atom. The van der Waals surface area contributed by atoms with E-state index in [9.17, 15) is 4.79 Å². The minimum atomic E-state index is 0.0703. The Morgan fingerprint density at radius 3 is 2.95 bits per heavy atom. The van der Waals surface area contributed by atoms with Crippen LogP contribution < -0.4 is 11.1 Å². The summed E-state index contributed by atoms with van der Waals surface area (Å²) in [5.74, 6) is 1.23. The summed E-state index contributed by atoms with van der Waals surface area (Å²) in [6.45, 7) is 8.37. The van der Waals surface area contributed by atoms with Crippen molar-refractivity contribution in [3.05, 3.63) is 23.8 Å². The van der Waals surface area contributed by atoms with E-state index in [4.69, 9.17) is 5.73 Å². The lowest BCUT2D eigenvalue weighted by atomic mass is 10.1. The molecule has 0 saturated carbocycles. The zero-order valence-electron chi connectivity index (χ0n) is 13.1. The molecule has 1 heterocycles. The number of nitrogens with one attached hydrogen (secondary N) is 1. The molecule has 4 nitrogen and oxygen atoms in total. The standard InChI is InChI=1S/C16H25N3OS/c1-11-10-14(17)4-5-15(11)18-16(20)6-7-19-8-9-21-13(3)12(19)2/h4-5,10,12-13H,6-9,17H2,1-3H3,(H,18,20). The molecule has 2 rings (SSSR count). The largest absolute Gasteiger partial charge is 0.399 e. The average Bonchev–Trinajstić information content (AvgIpc) is 2.43. The molecule has 0 radical (unpaired) electrons. The van der Waals surface area contributed by atoms with E-state index >= 15 is 0 Å². The smallest absolute Gasteiger partial charge is 0.225 e. The molecule has 116 valence electrons. The molecular formula is C16H25N3OS. The molecule has 2 unspecified atom stereocenters. The highest BCUT2D eigenvalue weighted by atomic mass is 32.2. The van der Waals surface area contributed by atoms with Gasteiger partial charge in [-0.2, -0.15) is 11.8 Å². The van der Waals surface area contributed by atoms with Crippen molar-refractivity contribution in [1.82, 2.24) is 4.90 Å². The lowest BCUT2D eigenvalue weighted by molar-refractivity contribution is -0.116. The Bertz CT molecular complexity index is 506. The van der Waals surface area contributed by atoms with E-state index in [1.54, 1.807) is 0 Å². The number of anilines is 2. The number of hydrogen-bond acceptors (Lipinski definition) is 4. The summed E-state index contributed by atoms with van der Waals surface area (Å²) in [5, 5.41) is 3.62. The molecule has 21 heavy (non-hydrogen) atoms. The van der Waals surface area contributed by atoms with Gasteiger partial charge in [0.15, 0.2) is 0 Å².